The Balaban J connectivity index is 2.16. The lowest BCUT2D eigenvalue weighted by Crippen LogP contribution is -2.43. The summed E-state index contributed by atoms with van der Waals surface area (Å²) in [6, 6.07) is 3.07. The maximum absolute atomic E-state index is 11.7. The Hall–Kier alpha value is -1.62. The van der Waals surface area contributed by atoms with Crippen molar-refractivity contribution in [2.45, 2.75) is 18.4 Å². The summed E-state index contributed by atoms with van der Waals surface area (Å²) in [4.78, 5) is 26.4. The minimum absolute atomic E-state index is 0.0705. The molecule has 1 aromatic rings. The topological polar surface area (TPSA) is 79.3 Å². The summed E-state index contributed by atoms with van der Waals surface area (Å²) in [5, 5.41) is 11.4. The van der Waals surface area contributed by atoms with Crippen LogP contribution in [0, 0.1) is 0 Å². The molecule has 2 rings (SSSR count). The number of hydrogen-bond donors (Lipinski definition) is 2. The van der Waals surface area contributed by atoms with E-state index in [1.807, 2.05) is 0 Å². The molecule has 1 fully saturated rings. The normalized spacial score (nSPS) is 16.6. The second-order valence-electron chi connectivity index (χ2n) is 3.68. The molecule has 0 atom stereocenters. The van der Waals surface area contributed by atoms with Crippen molar-refractivity contribution in [1.82, 2.24) is 10.3 Å². The third-order valence-electron chi connectivity index (χ3n) is 2.52. The van der Waals surface area contributed by atoms with Crippen LogP contribution in [0.5, 0.6) is 0 Å². The quantitative estimate of drug-likeness (QED) is 0.775. The lowest BCUT2D eigenvalue weighted by Gasteiger charge is -2.12. The number of nitrogens with zero attached hydrogens (tertiary/aromatic N) is 1. The highest BCUT2D eigenvalue weighted by molar-refractivity contribution is 6.32. The van der Waals surface area contributed by atoms with E-state index in [-0.39, 0.29) is 10.7 Å². The third-order valence-corrected chi connectivity index (χ3v) is 2.82. The van der Waals surface area contributed by atoms with E-state index < -0.39 is 17.4 Å². The van der Waals surface area contributed by atoms with E-state index in [1.165, 1.54) is 12.3 Å². The fourth-order valence-electron chi connectivity index (χ4n) is 1.36. The monoisotopic (exact) mass is 240 g/mol. The number of amides is 1. The van der Waals surface area contributed by atoms with E-state index in [4.69, 9.17) is 16.7 Å². The highest BCUT2D eigenvalue weighted by Gasteiger charge is 2.51. The molecule has 6 heteroatoms. The number of nitrogens with one attached hydrogen (secondary N) is 1. The fraction of sp³-hybridized carbons (Fsp3) is 0.300. The fourth-order valence-corrected chi connectivity index (χ4v) is 1.56. The van der Waals surface area contributed by atoms with Crippen molar-refractivity contribution < 1.29 is 14.7 Å². The van der Waals surface area contributed by atoms with Gasteiger partial charge in [0.05, 0.1) is 5.56 Å². The predicted octanol–water partition coefficient (Wildman–Crippen LogP) is 1.08. The first-order valence-electron chi connectivity index (χ1n) is 4.72. The van der Waals surface area contributed by atoms with Crippen LogP contribution in [0.15, 0.2) is 18.3 Å². The van der Waals surface area contributed by atoms with Crippen LogP contribution in [0.4, 0.5) is 0 Å². The standard InChI is InChI=1S/C10H9ClN2O3/c11-7-6(2-1-5-12-7)8(14)13-10(3-4-10)9(15)16/h1-2,5H,3-4H2,(H,13,14)(H,15,16). The van der Waals surface area contributed by atoms with Gasteiger partial charge in [-0.15, -0.1) is 0 Å². The first kappa shape index (κ1) is 10.9. The summed E-state index contributed by atoms with van der Waals surface area (Å²) in [6.07, 6.45) is 2.36. The Labute approximate surface area is 96.4 Å². The predicted molar refractivity (Wildman–Crippen MR) is 56.3 cm³/mol. The maximum atomic E-state index is 11.7. The molecule has 1 aliphatic rings. The number of hydrogen-bond acceptors (Lipinski definition) is 3. The van der Waals surface area contributed by atoms with Gasteiger partial charge in [-0.1, -0.05) is 11.6 Å². The molecule has 0 aliphatic heterocycles. The SMILES string of the molecule is O=C(NC1(C(=O)O)CC1)c1cccnc1Cl. The van der Waals surface area contributed by atoms with Crippen molar-refractivity contribution in [1.29, 1.82) is 0 Å². The van der Waals surface area contributed by atoms with Gasteiger partial charge in [0.15, 0.2) is 0 Å². The smallest absolute Gasteiger partial charge is 0.329 e. The van der Waals surface area contributed by atoms with Gasteiger partial charge in [-0.3, -0.25) is 4.79 Å². The van der Waals surface area contributed by atoms with Crippen molar-refractivity contribution in [3.8, 4) is 0 Å². The first-order chi connectivity index (χ1) is 7.55. The summed E-state index contributed by atoms with van der Waals surface area (Å²) in [5.74, 6) is -1.51. The van der Waals surface area contributed by atoms with Gasteiger partial charge in [0.25, 0.3) is 5.91 Å². The van der Waals surface area contributed by atoms with Crippen LogP contribution in [0.25, 0.3) is 0 Å². The molecule has 16 heavy (non-hydrogen) atoms. The number of aromatic nitrogens is 1. The van der Waals surface area contributed by atoms with E-state index in [9.17, 15) is 9.59 Å². The number of rotatable bonds is 3. The molecule has 0 aromatic carbocycles. The Bertz CT molecular complexity index is 457. The number of carboxylic acids is 1. The Morgan fingerprint density at radius 2 is 2.19 bits per heavy atom. The molecule has 1 heterocycles. The zero-order valence-electron chi connectivity index (χ0n) is 8.24. The first-order valence-corrected chi connectivity index (χ1v) is 5.09. The average Bonchev–Trinajstić information content (AvgIpc) is 2.99. The molecule has 0 saturated heterocycles. The van der Waals surface area contributed by atoms with E-state index in [0.717, 1.165) is 0 Å². The largest absolute Gasteiger partial charge is 0.480 e. The van der Waals surface area contributed by atoms with Crippen LogP contribution in [0.2, 0.25) is 5.15 Å². The molecule has 0 unspecified atom stereocenters. The van der Waals surface area contributed by atoms with Crippen LogP contribution >= 0.6 is 11.6 Å². The molecule has 1 aliphatic carbocycles. The number of halogens is 1. The van der Waals surface area contributed by atoms with Crippen LogP contribution in [-0.2, 0) is 4.79 Å². The molecule has 1 aromatic heterocycles. The average molecular weight is 241 g/mol. The van der Waals surface area contributed by atoms with Gasteiger partial charge in [-0.2, -0.15) is 0 Å². The van der Waals surface area contributed by atoms with Gasteiger partial charge in [-0.25, -0.2) is 9.78 Å². The van der Waals surface area contributed by atoms with Crippen molar-refractivity contribution in [2.24, 2.45) is 0 Å². The minimum Gasteiger partial charge on any atom is -0.480 e. The summed E-state index contributed by atoms with van der Waals surface area (Å²) >= 11 is 5.73. The van der Waals surface area contributed by atoms with Gasteiger partial charge in [-0.05, 0) is 25.0 Å². The highest BCUT2D eigenvalue weighted by atomic mass is 35.5. The van der Waals surface area contributed by atoms with Crippen molar-refractivity contribution >= 4 is 23.5 Å². The second-order valence-corrected chi connectivity index (χ2v) is 4.04. The molecule has 0 radical (unpaired) electrons. The minimum atomic E-state index is -1.10. The lowest BCUT2D eigenvalue weighted by atomic mass is 10.2. The zero-order valence-corrected chi connectivity index (χ0v) is 8.99. The number of carboxylic acid groups (broad SMARTS) is 1. The number of carbonyl (C=O) groups excluding carboxylic acids is 1. The summed E-state index contributed by atoms with van der Waals surface area (Å²) in [5.41, 5.74) is -0.910. The molecule has 1 saturated carbocycles. The van der Waals surface area contributed by atoms with Crippen molar-refractivity contribution in [3.05, 3.63) is 29.0 Å². The van der Waals surface area contributed by atoms with Gasteiger partial charge in [0.2, 0.25) is 0 Å². The lowest BCUT2D eigenvalue weighted by molar-refractivity contribution is -0.140. The third kappa shape index (κ3) is 1.86. The van der Waals surface area contributed by atoms with E-state index in [2.05, 4.69) is 10.3 Å². The number of carbonyl (C=O) groups is 2. The summed E-state index contributed by atoms with van der Waals surface area (Å²) in [6.45, 7) is 0. The highest BCUT2D eigenvalue weighted by Crippen LogP contribution is 2.35. The van der Waals surface area contributed by atoms with Crippen LogP contribution < -0.4 is 5.32 Å². The molecule has 84 valence electrons. The van der Waals surface area contributed by atoms with Gasteiger partial charge in [0.1, 0.15) is 10.7 Å². The van der Waals surface area contributed by atoms with Gasteiger partial charge in [0, 0.05) is 6.20 Å². The van der Waals surface area contributed by atoms with E-state index in [0.29, 0.717) is 12.8 Å². The van der Waals surface area contributed by atoms with Gasteiger partial charge >= 0.3 is 5.97 Å². The second kappa shape index (κ2) is 3.75. The maximum Gasteiger partial charge on any atom is 0.329 e. The van der Waals surface area contributed by atoms with Crippen molar-refractivity contribution in [2.75, 3.05) is 0 Å². The molecule has 0 spiro atoms. The zero-order chi connectivity index (χ0) is 11.8. The van der Waals surface area contributed by atoms with Crippen LogP contribution in [-0.4, -0.2) is 27.5 Å². The van der Waals surface area contributed by atoms with Crippen LogP contribution in [0.1, 0.15) is 23.2 Å². The number of pyridine rings is 1. The van der Waals surface area contributed by atoms with E-state index >= 15 is 0 Å². The molecular formula is C10H9ClN2O3. The molecule has 2 N–H and O–H groups in total. The van der Waals surface area contributed by atoms with Crippen LogP contribution in [0.3, 0.4) is 0 Å². The molecule has 1 amide bonds. The summed E-state index contributed by atoms with van der Waals surface area (Å²) < 4.78 is 0. The molecule has 0 bridgehead atoms. The van der Waals surface area contributed by atoms with Gasteiger partial charge < -0.3 is 10.4 Å². The Morgan fingerprint density at radius 3 is 2.69 bits per heavy atom. The molecular weight excluding hydrogens is 232 g/mol. The Morgan fingerprint density at radius 1 is 1.50 bits per heavy atom. The molecule has 5 nitrogen and oxygen atoms in total. The Kier molecular flexibility index (Phi) is 2.55. The van der Waals surface area contributed by atoms with Crippen molar-refractivity contribution in [3.63, 3.8) is 0 Å². The number of aliphatic carboxylic acids is 1. The van der Waals surface area contributed by atoms with E-state index in [1.54, 1.807) is 6.07 Å². The summed E-state index contributed by atoms with van der Waals surface area (Å²) in [7, 11) is 0.